The molecular weight excluding hydrogens is 369 g/mol. The van der Waals surface area contributed by atoms with Crippen LogP contribution in [0.3, 0.4) is 0 Å². The fraction of sp³-hybridized carbons (Fsp3) is 0.0500. The summed E-state index contributed by atoms with van der Waals surface area (Å²) in [6.45, 7) is 0. The third kappa shape index (κ3) is 3.71. The number of carbonyl (C=O) groups is 1. The molecule has 0 bridgehead atoms. The molecule has 1 amide bonds. The van der Waals surface area contributed by atoms with Crippen molar-refractivity contribution in [3.8, 4) is 0 Å². The molecule has 120 valence electrons. The molecule has 24 heavy (non-hydrogen) atoms. The predicted octanol–water partition coefficient (Wildman–Crippen LogP) is 5.11. The third-order valence-corrected chi connectivity index (χ3v) is 4.26. The van der Waals surface area contributed by atoms with Gasteiger partial charge in [0, 0.05) is 4.47 Å². The maximum atomic E-state index is 13.9. The molecule has 0 aliphatic rings. The van der Waals surface area contributed by atoms with Crippen LogP contribution in [0.15, 0.2) is 83.3 Å². The van der Waals surface area contributed by atoms with E-state index in [4.69, 9.17) is 0 Å². The van der Waals surface area contributed by atoms with Gasteiger partial charge in [-0.3, -0.25) is 4.79 Å². The molecule has 3 aromatic rings. The molecule has 0 unspecified atom stereocenters. The standard InChI is InChI=1S/C20H15BrFNO/c21-16-12-10-15(11-13-16)19(14-6-2-1-3-7-14)23-20(24)17-8-4-5-9-18(17)22/h1-13,19H,(H,23,24)/t19-/m0/s1. The summed E-state index contributed by atoms with van der Waals surface area (Å²) in [5, 5.41) is 2.93. The van der Waals surface area contributed by atoms with E-state index in [9.17, 15) is 9.18 Å². The Kier molecular flexibility index (Phi) is 5.06. The topological polar surface area (TPSA) is 29.1 Å². The van der Waals surface area contributed by atoms with Gasteiger partial charge in [-0.15, -0.1) is 0 Å². The second kappa shape index (κ2) is 7.41. The van der Waals surface area contributed by atoms with E-state index in [0.29, 0.717) is 0 Å². The summed E-state index contributed by atoms with van der Waals surface area (Å²) >= 11 is 3.41. The molecular formula is C20H15BrFNO. The summed E-state index contributed by atoms with van der Waals surface area (Å²) < 4.78 is 14.8. The first-order chi connectivity index (χ1) is 11.6. The van der Waals surface area contributed by atoms with Crippen LogP contribution in [0.2, 0.25) is 0 Å². The van der Waals surface area contributed by atoms with Crippen LogP contribution in [-0.4, -0.2) is 5.91 Å². The zero-order chi connectivity index (χ0) is 16.9. The molecule has 0 heterocycles. The third-order valence-electron chi connectivity index (χ3n) is 3.73. The predicted molar refractivity (Wildman–Crippen MR) is 96.3 cm³/mol. The highest BCUT2D eigenvalue weighted by molar-refractivity contribution is 9.10. The van der Waals surface area contributed by atoms with Gasteiger partial charge in [0.2, 0.25) is 0 Å². The monoisotopic (exact) mass is 383 g/mol. The first-order valence-electron chi connectivity index (χ1n) is 7.51. The number of hydrogen-bond acceptors (Lipinski definition) is 1. The summed E-state index contributed by atoms with van der Waals surface area (Å²) in [6, 6.07) is 22.9. The Bertz CT molecular complexity index is 834. The Morgan fingerprint density at radius 3 is 2.08 bits per heavy atom. The van der Waals surface area contributed by atoms with E-state index >= 15 is 0 Å². The highest BCUT2D eigenvalue weighted by atomic mass is 79.9. The van der Waals surface area contributed by atoms with Crippen LogP contribution in [0.4, 0.5) is 4.39 Å². The van der Waals surface area contributed by atoms with Gasteiger partial charge in [0.05, 0.1) is 11.6 Å². The van der Waals surface area contributed by atoms with E-state index < -0.39 is 11.7 Å². The molecule has 1 N–H and O–H groups in total. The van der Waals surface area contributed by atoms with E-state index in [1.54, 1.807) is 12.1 Å². The Morgan fingerprint density at radius 2 is 1.42 bits per heavy atom. The van der Waals surface area contributed by atoms with Crippen LogP contribution in [-0.2, 0) is 0 Å². The molecule has 0 spiro atoms. The molecule has 2 nitrogen and oxygen atoms in total. The van der Waals surface area contributed by atoms with Gasteiger partial charge < -0.3 is 5.32 Å². The largest absolute Gasteiger partial charge is 0.341 e. The van der Waals surface area contributed by atoms with Gasteiger partial charge in [-0.25, -0.2) is 4.39 Å². The van der Waals surface area contributed by atoms with E-state index in [0.717, 1.165) is 15.6 Å². The Morgan fingerprint density at radius 1 is 0.833 bits per heavy atom. The van der Waals surface area contributed by atoms with Crippen LogP contribution in [0.25, 0.3) is 0 Å². The molecule has 3 aromatic carbocycles. The second-order valence-corrected chi connectivity index (χ2v) is 6.26. The van der Waals surface area contributed by atoms with Crippen molar-refractivity contribution in [2.45, 2.75) is 6.04 Å². The van der Waals surface area contributed by atoms with Gasteiger partial charge in [-0.05, 0) is 35.4 Å². The average Bonchev–Trinajstić information content (AvgIpc) is 2.61. The highest BCUT2D eigenvalue weighted by Gasteiger charge is 2.19. The molecule has 0 aliphatic heterocycles. The van der Waals surface area contributed by atoms with E-state index in [2.05, 4.69) is 21.2 Å². The van der Waals surface area contributed by atoms with E-state index in [1.807, 2.05) is 54.6 Å². The van der Waals surface area contributed by atoms with Crippen molar-refractivity contribution in [3.63, 3.8) is 0 Å². The molecule has 0 aromatic heterocycles. The zero-order valence-electron chi connectivity index (χ0n) is 12.7. The van der Waals surface area contributed by atoms with E-state index in [1.165, 1.54) is 12.1 Å². The van der Waals surface area contributed by atoms with Crippen molar-refractivity contribution in [1.82, 2.24) is 5.32 Å². The number of rotatable bonds is 4. The maximum Gasteiger partial charge on any atom is 0.255 e. The number of carbonyl (C=O) groups excluding carboxylic acids is 1. The lowest BCUT2D eigenvalue weighted by atomic mass is 9.98. The smallest absolute Gasteiger partial charge is 0.255 e. The summed E-state index contributed by atoms with van der Waals surface area (Å²) in [5.41, 5.74) is 1.90. The zero-order valence-corrected chi connectivity index (χ0v) is 14.3. The van der Waals surface area contributed by atoms with Crippen molar-refractivity contribution in [2.75, 3.05) is 0 Å². The van der Waals surface area contributed by atoms with Crippen molar-refractivity contribution in [3.05, 3.63) is 106 Å². The van der Waals surface area contributed by atoms with E-state index in [-0.39, 0.29) is 11.6 Å². The van der Waals surface area contributed by atoms with Crippen LogP contribution >= 0.6 is 15.9 Å². The number of hydrogen-bond donors (Lipinski definition) is 1. The lowest BCUT2D eigenvalue weighted by Crippen LogP contribution is -2.30. The maximum absolute atomic E-state index is 13.9. The minimum absolute atomic E-state index is 0.0375. The fourth-order valence-electron chi connectivity index (χ4n) is 2.51. The van der Waals surface area contributed by atoms with Crippen LogP contribution < -0.4 is 5.32 Å². The lowest BCUT2D eigenvalue weighted by Gasteiger charge is -2.20. The lowest BCUT2D eigenvalue weighted by molar-refractivity contribution is 0.0939. The van der Waals surface area contributed by atoms with Gasteiger partial charge >= 0.3 is 0 Å². The van der Waals surface area contributed by atoms with Gasteiger partial charge in [-0.1, -0.05) is 70.5 Å². The summed E-state index contributed by atoms with van der Waals surface area (Å²) in [5.74, 6) is -0.970. The molecule has 1 atom stereocenters. The Hall–Kier alpha value is -2.46. The van der Waals surface area contributed by atoms with Crippen LogP contribution in [0.1, 0.15) is 27.5 Å². The highest BCUT2D eigenvalue weighted by Crippen LogP contribution is 2.24. The molecule has 0 fully saturated rings. The van der Waals surface area contributed by atoms with Gasteiger partial charge in [0.1, 0.15) is 5.82 Å². The molecule has 0 saturated heterocycles. The molecule has 0 radical (unpaired) electrons. The Balaban J connectivity index is 1.95. The number of benzene rings is 3. The fourth-order valence-corrected chi connectivity index (χ4v) is 2.78. The Labute approximate surface area is 148 Å². The molecule has 0 aliphatic carbocycles. The number of nitrogens with one attached hydrogen (secondary N) is 1. The van der Waals surface area contributed by atoms with Crippen LogP contribution in [0.5, 0.6) is 0 Å². The molecule has 0 saturated carbocycles. The summed E-state index contributed by atoms with van der Waals surface area (Å²) in [6.07, 6.45) is 0. The summed E-state index contributed by atoms with van der Waals surface area (Å²) in [7, 11) is 0. The SMILES string of the molecule is O=C(N[C@@H](c1ccccc1)c1ccc(Br)cc1)c1ccccc1F. The van der Waals surface area contributed by atoms with Crippen LogP contribution in [0, 0.1) is 5.82 Å². The van der Waals surface area contributed by atoms with Gasteiger partial charge in [0.25, 0.3) is 5.91 Å². The average molecular weight is 384 g/mol. The van der Waals surface area contributed by atoms with Crippen molar-refractivity contribution < 1.29 is 9.18 Å². The molecule has 3 rings (SSSR count). The van der Waals surface area contributed by atoms with Crippen molar-refractivity contribution in [2.24, 2.45) is 0 Å². The first kappa shape index (κ1) is 16.4. The summed E-state index contributed by atoms with van der Waals surface area (Å²) in [4.78, 5) is 12.5. The minimum atomic E-state index is -0.530. The van der Waals surface area contributed by atoms with Gasteiger partial charge in [0.15, 0.2) is 0 Å². The minimum Gasteiger partial charge on any atom is -0.341 e. The van der Waals surface area contributed by atoms with Crippen molar-refractivity contribution >= 4 is 21.8 Å². The molecule has 4 heteroatoms. The normalized spacial score (nSPS) is 11.8. The first-order valence-corrected chi connectivity index (χ1v) is 8.30. The van der Waals surface area contributed by atoms with Gasteiger partial charge in [-0.2, -0.15) is 0 Å². The second-order valence-electron chi connectivity index (χ2n) is 5.35. The number of halogens is 2. The quantitative estimate of drug-likeness (QED) is 0.666. The van der Waals surface area contributed by atoms with Crippen molar-refractivity contribution in [1.29, 1.82) is 0 Å². The number of amides is 1.